The molecule has 1 saturated heterocycles. The Balaban J connectivity index is 1.70. The van der Waals surface area contributed by atoms with Crippen LogP contribution in [0.15, 0.2) is 36.4 Å². The van der Waals surface area contributed by atoms with Gasteiger partial charge in [0.1, 0.15) is 5.82 Å². The minimum Gasteiger partial charge on any atom is -0.340 e. The number of aryl methyl sites for hydroxylation is 1. The summed E-state index contributed by atoms with van der Waals surface area (Å²) in [5, 5.41) is 3.32. The molecule has 1 N–H and O–H groups in total. The topological polar surface area (TPSA) is 61.4 Å². The van der Waals surface area contributed by atoms with Gasteiger partial charge in [0.2, 0.25) is 11.9 Å². The third-order valence-electron chi connectivity index (χ3n) is 4.26. The maximum atomic E-state index is 12.1. The van der Waals surface area contributed by atoms with Crippen LogP contribution in [0.25, 0.3) is 0 Å². The van der Waals surface area contributed by atoms with Crippen molar-refractivity contribution in [2.45, 2.75) is 20.8 Å². The summed E-state index contributed by atoms with van der Waals surface area (Å²) in [4.78, 5) is 25.4. The smallest absolute Gasteiger partial charge is 0.227 e. The van der Waals surface area contributed by atoms with Gasteiger partial charge in [0.25, 0.3) is 0 Å². The van der Waals surface area contributed by atoms with Crippen molar-refractivity contribution < 1.29 is 4.79 Å². The Morgan fingerprint density at radius 3 is 2.40 bits per heavy atom. The van der Waals surface area contributed by atoms with Gasteiger partial charge in [-0.25, -0.2) is 4.98 Å². The Labute approximate surface area is 148 Å². The van der Waals surface area contributed by atoms with E-state index < -0.39 is 0 Å². The molecule has 1 aromatic carbocycles. The summed E-state index contributed by atoms with van der Waals surface area (Å²) in [6, 6.07) is 11.9. The average Bonchev–Trinajstić information content (AvgIpc) is 2.61. The zero-order valence-electron chi connectivity index (χ0n) is 15.1. The van der Waals surface area contributed by atoms with E-state index in [1.807, 2.05) is 62.1 Å². The number of carbonyl (C=O) groups excluding carboxylic acids is 1. The van der Waals surface area contributed by atoms with Gasteiger partial charge >= 0.3 is 0 Å². The van der Waals surface area contributed by atoms with E-state index in [0.29, 0.717) is 0 Å². The van der Waals surface area contributed by atoms with Crippen molar-refractivity contribution >= 4 is 23.4 Å². The van der Waals surface area contributed by atoms with Crippen LogP contribution in [0.5, 0.6) is 0 Å². The lowest BCUT2D eigenvalue weighted by Crippen LogP contribution is -2.50. The zero-order valence-corrected chi connectivity index (χ0v) is 15.1. The predicted octanol–water partition coefficient (Wildman–Crippen LogP) is 2.83. The first kappa shape index (κ1) is 17.2. The molecule has 0 radical (unpaired) electrons. The second-order valence-corrected chi connectivity index (χ2v) is 6.65. The van der Waals surface area contributed by atoms with Crippen LogP contribution in [-0.4, -0.2) is 47.0 Å². The summed E-state index contributed by atoms with van der Waals surface area (Å²) in [6.45, 7) is 8.81. The van der Waals surface area contributed by atoms with Gasteiger partial charge in [-0.3, -0.25) is 4.79 Å². The summed E-state index contributed by atoms with van der Waals surface area (Å²) in [6.07, 6.45) is 0. The second kappa shape index (κ2) is 7.51. The molecular formula is C19H25N5O. The molecule has 0 saturated carbocycles. The number of hydrogen-bond donors (Lipinski definition) is 1. The highest BCUT2D eigenvalue weighted by Gasteiger charge is 2.24. The number of carbonyl (C=O) groups is 1. The van der Waals surface area contributed by atoms with Crippen LogP contribution in [-0.2, 0) is 4.79 Å². The number of benzene rings is 1. The maximum Gasteiger partial charge on any atom is 0.227 e. The van der Waals surface area contributed by atoms with Crippen LogP contribution in [0, 0.1) is 12.8 Å². The van der Waals surface area contributed by atoms with Crippen molar-refractivity contribution in [2.24, 2.45) is 5.92 Å². The van der Waals surface area contributed by atoms with Gasteiger partial charge in [-0.1, -0.05) is 32.0 Å². The maximum absolute atomic E-state index is 12.1. The monoisotopic (exact) mass is 339 g/mol. The Morgan fingerprint density at radius 2 is 1.76 bits per heavy atom. The molecule has 0 aliphatic carbocycles. The standard InChI is InChI=1S/C19H25N5O/c1-14(2)18(25)23-9-11-24(12-10-23)19-20-15(3)13-17(22-19)21-16-7-5-4-6-8-16/h4-8,13-14H,9-12H2,1-3H3,(H,20,21,22). The molecule has 0 bridgehead atoms. The summed E-state index contributed by atoms with van der Waals surface area (Å²) < 4.78 is 0. The Morgan fingerprint density at radius 1 is 1.08 bits per heavy atom. The Kier molecular flexibility index (Phi) is 5.16. The summed E-state index contributed by atoms with van der Waals surface area (Å²) in [5.41, 5.74) is 1.92. The molecule has 1 aromatic heterocycles. The molecule has 1 amide bonds. The number of hydrogen-bond acceptors (Lipinski definition) is 5. The highest BCUT2D eigenvalue weighted by atomic mass is 16.2. The number of piperazine rings is 1. The summed E-state index contributed by atoms with van der Waals surface area (Å²) >= 11 is 0. The van der Waals surface area contributed by atoms with Crippen molar-refractivity contribution in [3.05, 3.63) is 42.1 Å². The minimum absolute atomic E-state index is 0.0449. The molecule has 0 spiro atoms. The molecule has 132 valence electrons. The van der Waals surface area contributed by atoms with Gasteiger partial charge in [-0.15, -0.1) is 0 Å². The van der Waals surface area contributed by atoms with Crippen molar-refractivity contribution in [3.63, 3.8) is 0 Å². The first-order valence-electron chi connectivity index (χ1n) is 8.74. The highest BCUT2D eigenvalue weighted by molar-refractivity contribution is 5.78. The van der Waals surface area contributed by atoms with Gasteiger partial charge in [0.15, 0.2) is 0 Å². The number of amides is 1. The fraction of sp³-hybridized carbons (Fsp3) is 0.421. The molecule has 3 rings (SSSR count). The van der Waals surface area contributed by atoms with Gasteiger partial charge in [-0.2, -0.15) is 4.98 Å². The largest absolute Gasteiger partial charge is 0.340 e. The van der Waals surface area contributed by atoms with Crippen molar-refractivity contribution in [1.82, 2.24) is 14.9 Å². The molecule has 1 aliphatic heterocycles. The van der Waals surface area contributed by atoms with Gasteiger partial charge < -0.3 is 15.1 Å². The van der Waals surface area contributed by atoms with Crippen LogP contribution >= 0.6 is 0 Å². The van der Waals surface area contributed by atoms with Crippen LogP contribution in [0.1, 0.15) is 19.5 Å². The van der Waals surface area contributed by atoms with Crippen molar-refractivity contribution in [2.75, 3.05) is 36.4 Å². The lowest BCUT2D eigenvalue weighted by Gasteiger charge is -2.35. The van der Waals surface area contributed by atoms with E-state index >= 15 is 0 Å². The number of aromatic nitrogens is 2. The van der Waals surface area contributed by atoms with Crippen molar-refractivity contribution in [1.29, 1.82) is 0 Å². The third kappa shape index (κ3) is 4.26. The fourth-order valence-corrected chi connectivity index (χ4v) is 2.92. The normalized spacial score (nSPS) is 14.7. The Bertz CT molecular complexity index is 724. The molecule has 25 heavy (non-hydrogen) atoms. The van der Waals surface area contributed by atoms with E-state index in [-0.39, 0.29) is 11.8 Å². The molecule has 2 aromatic rings. The molecular weight excluding hydrogens is 314 g/mol. The average molecular weight is 339 g/mol. The number of para-hydroxylation sites is 1. The molecule has 6 nitrogen and oxygen atoms in total. The lowest BCUT2D eigenvalue weighted by atomic mass is 10.1. The van der Waals surface area contributed by atoms with Gasteiger partial charge in [0, 0.05) is 49.5 Å². The van der Waals surface area contributed by atoms with Crippen LogP contribution < -0.4 is 10.2 Å². The van der Waals surface area contributed by atoms with E-state index in [2.05, 4.69) is 20.2 Å². The minimum atomic E-state index is 0.0449. The highest BCUT2D eigenvalue weighted by Crippen LogP contribution is 2.19. The number of nitrogens with zero attached hydrogens (tertiary/aromatic N) is 4. The van der Waals surface area contributed by atoms with Crippen molar-refractivity contribution in [3.8, 4) is 0 Å². The van der Waals surface area contributed by atoms with E-state index in [4.69, 9.17) is 0 Å². The molecule has 0 unspecified atom stereocenters. The number of rotatable bonds is 4. The molecule has 2 heterocycles. The molecule has 1 fully saturated rings. The van der Waals surface area contributed by atoms with E-state index in [1.54, 1.807) is 0 Å². The second-order valence-electron chi connectivity index (χ2n) is 6.65. The van der Waals surface area contributed by atoms with Gasteiger partial charge in [-0.05, 0) is 19.1 Å². The Hall–Kier alpha value is -2.63. The van der Waals surface area contributed by atoms with Crippen LogP contribution in [0.3, 0.4) is 0 Å². The summed E-state index contributed by atoms with van der Waals surface area (Å²) in [7, 11) is 0. The number of nitrogens with one attached hydrogen (secondary N) is 1. The van der Waals surface area contributed by atoms with Crippen LogP contribution in [0.2, 0.25) is 0 Å². The molecule has 0 atom stereocenters. The SMILES string of the molecule is Cc1cc(Nc2ccccc2)nc(N2CCN(C(=O)C(C)C)CC2)n1. The summed E-state index contributed by atoms with van der Waals surface area (Å²) in [5.74, 6) is 1.77. The first-order valence-corrected chi connectivity index (χ1v) is 8.74. The van der Waals surface area contributed by atoms with E-state index in [0.717, 1.165) is 49.3 Å². The van der Waals surface area contributed by atoms with E-state index in [9.17, 15) is 4.79 Å². The molecule has 6 heteroatoms. The fourth-order valence-electron chi connectivity index (χ4n) is 2.92. The lowest BCUT2D eigenvalue weighted by molar-refractivity contribution is -0.134. The first-order chi connectivity index (χ1) is 12.0. The number of anilines is 3. The third-order valence-corrected chi connectivity index (χ3v) is 4.26. The predicted molar refractivity (Wildman–Crippen MR) is 100 cm³/mol. The van der Waals surface area contributed by atoms with Crippen LogP contribution in [0.4, 0.5) is 17.5 Å². The van der Waals surface area contributed by atoms with E-state index in [1.165, 1.54) is 0 Å². The zero-order chi connectivity index (χ0) is 17.8. The van der Waals surface area contributed by atoms with Gasteiger partial charge in [0.05, 0.1) is 0 Å². The molecule has 1 aliphatic rings. The quantitative estimate of drug-likeness (QED) is 0.928.